The Bertz CT molecular complexity index is 763. The molecule has 0 radical (unpaired) electrons. The third-order valence-electron chi connectivity index (χ3n) is 3.06. The van der Waals surface area contributed by atoms with Crippen LogP contribution < -0.4 is 10.1 Å². The molecule has 1 aromatic carbocycles. The summed E-state index contributed by atoms with van der Waals surface area (Å²) in [6.45, 7) is 2.27. The lowest BCUT2D eigenvalue weighted by molar-refractivity contribution is 0.0948. The van der Waals surface area contributed by atoms with E-state index in [-0.39, 0.29) is 12.5 Å². The standard InChI is InChI=1S/C16H15N3O4/c1-11-18-15(19-23-11)10-22-13-6-4-12(5-7-13)16(20)17-9-14-3-2-8-21-14/h2-8H,9-10H2,1H3,(H,17,20). The highest BCUT2D eigenvalue weighted by atomic mass is 16.5. The number of hydrogen-bond acceptors (Lipinski definition) is 6. The van der Waals surface area contributed by atoms with Crippen LogP contribution in [0.5, 0.6) is 5.75 Å². The average Bonchev–Trinajstić information content (AvgIpc) is 3.22. The highest BCUT2D eigenvalue weighted by Crippen LogP contribution is 2.14. The largest absolute Gasteiger partial charge is 0.485 e. The van der Waals surface area contributed by atoms with E-state index in [0.717, 1.165) is 0 Å². The number of aryl methyl sites for hydroxylation is 1. The maximum atomic E-state index is 12.0. The van der Waals surface area contributed by atoms with Gasteiger partial charge in [0.05, 0.1) is 12.8 Å². The zero-order valence-electron chi connectivity index (χ0n) is 12.5. The molecule has 0 saturated carbocycles. The van der Waals surface area contributed by atoms with Gasteiger partial charge in [-0.2, -0.15) is 4.98 Å². The first-order valence-corrected chi connectivity index (χ1v) is 7.03. The summed E-state index contributed by atoms with van der Waals surface area (Å²) in [6, 6.07) is 10.4. The number of rotatable bonds is 6. The van der Waals surface area contributed by atoms with Crippen molar-refractivity contribution in [1.82, 2.24) is 15.5 Å². The van der Waals surface area contributed by atoms with Crippen molar-refractivity contribution >= 4 is 5.91 Å². The van der Waals surface area contributed by atoms with E-state index in [2.05, 4.69) is 15.5 Å². The van der Waals surface area contributed by atoms with E-state index >= 15 is 0 Å². The molecule has 0 bridgehead atoms. The van der Waals surface area contributed by atoms with Gasteiger partial charge in [-0.15, -0.1) is 0 Å². The average molecular weight is 313 g/mol. The summed E-state index contributed by atoms with van der Waals surface area (Å²) in [4.78, 5) is 16.1. The van der Waals surface area contributed by atoms with Crippen molar-refractivity contribution in [3.05, 3.63) is 65.7 Å². The van der Waals surface area contributed by atoms with Gasteiger partial charge in [0.15, 0.2) is 6.61 Å². The molecule has 0 aliphatic heterocycles. The van der Waals surface area contributed by atoms with Gasteiger partial charge < -0.3 is 19.0 Å². The van der Waals surface area contributed by atoms with E-state index in [1.165, 1.54) is 0 Å². The van der Waals surface area contributed by atoms with Crippen LogP contribution >= 0.6 is 0 Å². The molecule has 23 heavy (non-hydrogen) atoms. The first kappa shape index (κ1) is 14.8. The van der Waals surface area contributed by atoms with Crippen molar-refractivity contribution in [2.75, 3.05) is 0 Å². The Kier molecular flexibility index (Phi) is 4.37. The second-order valence-corrected chi connectivity index (χ2v) is 4.80. The van der Waals surface area contributed by atoms with Crippen LogP contribution in [0.15, 0.2) is 51.6 Å². The van der Waals surface area contributed by atoms with Crippen molar-refractivity contribution in [2.45, 2.75) is 20.1 Å². The van der Waals surface area contributed by atoms with Gasteiger partial charge in [-0.25, -0.2) is 0 Å². The molecule has 0 aliphatic rings. The molecule has 0 spiro atoms. The first-order chi connectivity index (χ1) is 11.2. The van der Waals surface area contributed by atoms with E-state index in [9.17, 15) is 4.79 Å². The van der Waals surface area contributed by atoms with Crippen LogP contribution in [-0.4, -0.2) is 16.0 Å². The number of nitrogens with zero attached hydrogens (tertiary/aromatic N) is 2. The van der Waals surface area contributed by atoms with Gasteiger partial charge in [-0.3, -0.25) is 4.79 Å². The van der Waals surface area contributed by atoms with Crippen molar-refractivity contribution in [3.63, 3.8) is 0 Å². The molecule has 2 aromatic heterocycles. The fraction of sp³-hybridized carbons (Fsp3) is 0.188. The topological polar surface area (TPSA) is 90.4 Å². The van der Waals surface area contributed by atoms with E-state index in [1.54, 1.807) is 49.6 Å². The number of carbonyl (C=O) groups excluding carboxylic acids is 1. The molecule has 0 unspecified atom stereocenters. The van der Waals surface area contributed by atoms with Crippen molar-refractivity contribution in [2.24, 2.45) is 0 Å². The molecular weight excluding hydrogens is 298 g/mol. The van der Waals surface area contributed by atoms with Gasteiger partial charge in [0, 0.05) is 12.5 Å². The quantitative estimate of drug-likeness (QED) is 0.752. The van der Waals surface area contributed by atoms with Crippen molar-refractivity contribution in [1.29, 1.82) is 0 Å². The molecular formula is C16H15N3O4. The summed E-state index contributed by atoms with van der Waals surface area (Å²) in [7, 11) is 0. The maximum Gasteiger partial charge on any atom is 0.251 e. The Morgan fingerprint density at radius 1 is 1.26 bits per heavy atom. The number of furan rings is 1. The molecule has 118 valence electrons. The molecule has 7 heteroatoms. The Morgan fingerprint density at radius 2 is 2.09 bits per heavy atom. The molecule has 0 saturated heterocycles. The Morgan fingerprint density at radius 3 is 2.74 bits per heavy atom. The van der Waals surface area contributed by atoms with Crippen molar-refractivity contribution < 1.29 is 18.5 Å². The number of nitrogens with one attached hydrogen (secondary N) is 1. The van der Waals surface area contributed by atoms with E-state index < -0.39 is 0 Å². The SMILES string of the molecule is Cc1nc(COc2ccc(C(=O)NCc3ccco3)cc2)no1. The van der Waals surface area contributed by atoms with Gasteiger partial charge in [0.1, 0.15) is 11.5 Å². The number of ether oxygens (including phenoxy) is 1. The summed E-state index contributed by atoms with van der Waals surface area (Å²) >= 11 is 0. The predicted octanol–water partition coefficient (Wildman–Crippen LogP) is 2.48. The van der Waals surface area contributed by atoms with Crippen LogP contribution in [0.25, 0.3) is 0 Å². The predicted molar refractivity (Wildman–Crippen MR) is 79.7 cm³/mol. The van der Waals surface area contributed by atoms with E-state index in [0.29, 0.717) is 35.3 Å². The number of carbonyl (C=O) groups is 1. The fourth-order valence-electron chi connectivity index (χ4n) is 1.93. The fourth-order valence-corrected chi connectivity index (χ4v) is 1.93. The van der Waals surface area contributed by atoms with Gasteiger partial charge in [0.25, 0.3) is 5.91 Å². The number of benzene rings is 1. The highest BCUT2D eigenvalue weighted by Gasteiger charge is 2.07. The molecule has 1 N–H and O–H groups in total. The molecule has 0 aliphatic carbocycles. The Balaban J connectivity index is 1.52. The maximum absolute atomic E-state index is 12.0. The highest BCUT2D eigenvalue weighted by molar-refractivity contribution is 5.94. The Labute approximate surface area is 132 Å². The lowest BCUT2D eigenvalue weighted by Gasteiger charge is -2.06. The minimum Gasteiger partial charge on any atom is -0.485 e. The van der Waals surface area contributed by atoms with Crippen LogP contribution in [0.4, 0.5) is 0 Å². The number of amides is 1. The van der Waals surface area contributed by atoms with Gasteiger partial charge in [-0.1, -0.05) is 5.16 Å². The lowest BCUT2D eigenvalue weighted by Crippen LogP contribution is -2.22. The lowest BCUT2D eigenvalue weighted by atomic mass is 10.2. The zero-order valence-corrected chi connectivity index (χ0v) is 12.5. The third-order valence-corrected chi connectivity index (χ3v) is 3.06. The van der Waals surface area contributed by atoms with Crippen LogP contribution in [-0.2, 0) is 13.2 Å². The first-order valence-electron chi connectivity index (χ1n) is 7.03. The van der Waals surface area contributed by atoms with Gasteiger partial charge in [0.2, 0.25) is 11.7 Å². The van der Waals surface area contributed by atoms with E-state index in [4.69, 9.17) is 13.7 Å². The molecule has 1 amide bonds. The molecule has 3 rings (SSSR count). The van der Waals surface area contributed by atoms with E-state index in [1.807, 2.05) is 0 Å². The molecule has 3 aromatic rings. The second kappa shape index (κ2) is 6.78. The molecule has 0 atom stereocenters. The van der Waals surface area contributed by atoms with Crippen molar-refractivity contribution in [3.8, 4) is 5.75 Å². The zero-order chi connectivity index (χ0) is 16.1. The summed E-state index contributed by atoms with van der Waals surface area (Å²) in [5, 5.41) is 6.52. The molecule has 2 heterocycles. The second-order valence-electron chi connectivity index (χ2n) is 4.80. The minimum absolute atomic E-state index is 0.179. The van der Waals surface area contributed by atoms with Crippen LogP contribution in [0.3, 0.4) is 0 Å². The third kappa shape index (κ3) is 3.97. The Hall–Kier alpha value is -3.09. The minimum atomic E-state index is -0.179. The number of hydrogen-bond donors (Lipinski definition) is 1. The normalized spacial score (nSPS) is 10.5. The molecule has 7 nitrogen and oxygen atoms in total. The van der Waals surface area contributed by atoms with Gasteiger partial charge >= 0.3 is 0 Å². The molecule has 0 fully saturated rings. The summed E-state index contributed by atoms with van der Waals surface area (Å²) in [5.74, 6) is 2.11. The van der Waals surface area contributed by atoms with Crippen LogP contribution in [0, 0.1) is 6.92 Å². The summed E-state index contributed by atoms with van der Waals surface area (Å²) < 4.78 is 15.5. The smallest absolute Gasteiger partial charge is 0.251 e. The van der Waals surface area contributed by atoms with Crippen LogP contribution in [0.1, 0.15) is 27.8 Å². The summed E-state index contributed by atoms with van der Waals surface area (Å²) in [6.07, 6.45) is 1.57. The van der Waals surface area contributed by atoms with Gasteiger partial charge in [-0.05, 0) is 36.4 Å². The van der Waals surface area contributed by atoms with Crippen LogP contribution in [0.2, 0.25) is 0 Å². The number of aromatic nitrogens is 2. The monoisotopic (exact) mass is 313 g/mol. The summed E-state index contributed by atoms with van der Waals surface area (Å²) in [5.41, 5.74) is 0.541.